The summed E-state index contributed by atoms with van der Waals surface area (Å²) >= 11 is 0. The molecule has 0 spiro atoms. The van der Waals surface area contributed by atoms with E-state index in [0.717, 1.165) is 5.56 Å². The molecule has 1 aliphatic heterocycles. The van der Waals surface area contributed by atoms with Crippen molar-refractivity contribution in [2.75, 3.05) is 20.8 Å². The van der Waals surface area contributed by atoms with Gasteiger partial charge in [-0.1, -0.05) is 18.2 Å². The van der Waals surface area contributed by atoms with Crippen LogP contribution < -0.4 is 14.8 Å². The van der Waals surface area contributed by atoms with Crippen molar-refractivity contribution in [3.05, 3.63) is 53.6 Å². The van der Waals surface area contributed by atoms with Gasteiger partial charge >= 0.3 is 0 Å². The Labute approximate surface area is 145 Å². The lowest BCUT2D eigenvalue weighted by Gasteiger charge is -2.23. The Morgan fingerprint density at radius 1 is 1.00 bits per heavy atom. The van der Waals surface area contributed by atoms with Crippen molar-refractivity contribution in [3.63, 3.8) is 0 Å². The molecule has 1 heterocycles. The Balaban J connectivity index is 2.00. The number of methoxy groups -OCH3 is 2. The first-order chi connectivity index (χ1) is 12.0. The van der Waals surface area contributed by atoms with Gasteiger partial charge in [-0.2, -0.15) is 0 Å². The lowest BCUT2D eigenvalue weighted by molar-refractivity contribution is -0.115. The fourth-order valence-corrected chi connectivity index (χ4v) is 2.85. The molecule has 6 nitrogen and oxygen atoms in total. The van der Waals surface area contributed by atoms with Gasteiger partial charge in [0.25, 0.3) is 5.91 Å². The number of hydrogen-bond acceptors (Lipinski definition) is 5. The lowest BCUT2D eigenvalue weighted by Crippen LogP contribution is -2.33. The number of amides is 1. The van der Waals surface area contributed by atoms with Gasteiger partial charge < -0.3 is 25.0 Å². The van der Waals surface area contributed by atoms with Crippen molar-refractivity contribution >= 4 is 11.5 Å². The van der Waals surface area contributed by atoms with Crippen LogP contribution in [0, 0.1) is 0 Å². The zero-order valence-corrected chi connectivity index (χ0v) is 13.9. The van der Waals surface area contributed by atoms with Crippen LogP contribution in [0.15, 0.2) is 42.5 Å². The van der Waals surface area contributed by atoms with E-state index >= 15 is 0 Å². The molecule has 0 radical (unpaired) electrons. The maximum absolute atomic E-state index is 12.3. The van der Waals surface area contributed by atoms with Crippen molar-refractivity contribution in [3.8, 4) is 23.0 Å². The van der Waals surface area contributed by atoms with Gasteiger partial charge in [-0.25, -0.2) is 0 Å². The van der Waals surface area contributed by atoms with Crippen LogP contribution in [0.2, 0.25) is 0 Å². The molecule has 2 aromatic carbocycles. The number of aromatic hydroxyl groups is 2. The van der Waals surface area contributed by atoms with Crippen molar-refractivity contribution in [1.29, 1.82) is 0 Å². The quantitative estimate of drug-likeness (QED) is 0.795. The molecule has 3 N–H and O–H groups in total. The molecule has 0 bridgehead atoms. The molecule has 0 saturated heterocycles. The Hall–Kier alpha value is -3.15. The van der Waals surface area contributed by atoms with Crippen LogP contribution >= 0.6 is 0 Å². The van der Waals surface area contributed by atoms with E-state index < -0.39 is 0 Å². The van der Waals surface area contributed by atoms with Crippen LogP contribution in [-0.2, 0) is 4.79 Å². The van der Waals surface area contributed by atoms with E-state index in [0.29, 0.717) is 29.2 Å². The Kier molecular flexibility index (Phi) is 4.52. The molecule has 1 amide bonds. The van der Waals surface area contributed by atoms with Crippen molar-refractivity contribution in [1.82, 2.24) is 5.32 Å². The summed E-state index contributed by atoms with van der Waals surface area (Å²) < 4.78 is 10.3. The molecule has 3 rings (SSSR count). The maximum Gasteiger partial charge on any atom is 0.251 e. The molecule has 0 aromatic heterocycles. The molecular formula is C19H19NO5. The normalized spacial score (nSPS) is 16.8. The van der Waals surface area contributed by atoms with E-state index in [-0.39, 0.29) is 23.3 Å². The largest absolute Gasteiger partial charge is 0.504 e. The second kappa shape index (κ2) is 6.76. The lowest BCUT2D eigenvalue weighted by atomic mass is 9.90. The molecule has 0 fully saturated rings. The van der Waals surface area contributed by atoms with Crippen molar-refractivity contribution < 1.29 is 24.5 Å². The minimum atomic E-state index is -0.185. The molecule has 130 valence electrons. The fraction of sp³-hybridized carbons (Fsp3) is 0.211. The number of ether oxygens (including phenoxy) is 2. The molecule has 2 aromatic rings. The maximum atomic E-state index is 12.3. The van der Waals surface area contributed by atoms with Crippen LogP contribution in [0.25, 0.3) is 5.57 Å². The van der Waals surface area contributed by atoms with Gasteiger partial charge in [-0.05, 0) is 35.4 Å². The summed E-state index contributed by atoms with van der Waals surface area (Å²) in [5.74, 6) is 0.522. The third-order valence-corrected chi connectivity index (χ3v) is 4.22. The average Bonchev–Trinajstić information content (AvgIpc) is 2.63. The number of carbonyl (C=O) groups excluding carboxylic acids is 1. The van der Waals surface area contributed by atoms with Gasteiger partial charge in [0.2, 0.25) is 0 Å². The smallest absolute Gasteiger partial charge is 0.251 e. The summed E-state index contributed by atoms with van der Waals surface area (Å²) in [5, 5.41) is 22.3. The van der Waals surface area contributed by atoms with Gasteiger partial charge in [0.05, 0.1) is 14.2 Å². The van der Waals surface area contributed by atoms with Crippen LogP contribution in [-0.4, -0.2) is 36.9 Å². The molecule has 0 aliphatic carbocycles. The summed E-state index contributed by atoms with van der Waals surface area (Å²) in [6, 6.07) is 9.91. The Morgan fingerprint density at radius 3 is 2.32 bits per heavy atom. The topological polar surface area (TPSA) is 88.0 Å². The van der Waals surface area contributed by atoms with E-state index in [4.69, 9.17) is 9.47 Å². The van der Waals surface area contributed by atoms with Gasteiger partial charge in [-0.3, -0.25) is 4.79 Å². The zero-order chi connectivity index (χ0) is 18.0. The summed E-state index contributed by atoms with van der Waals surface area (Å²) in [6.45, 7) is 0.450. The van der Waals surface area contributed by atoms with E-state index in [1.165, 1.54) is 20.3 Å². The molecule has 6 heteroatoms. The highest BCUT2D eigenvalue weighted by atomic mass is 16.5. The minimum absolute atomic E-state index is 0.0166. The standard InChI is InChI=1S/C19H19NO5/c1-24-17-8-11(3-5-15(17)21)13-7-14(19(23)20-10-13)12-4-6-16(22)18(9-12)25-2/h3-9,13,21-22H,10H2,1-2H3,(H,20,23). The third kappa shape index (κ3) is 3.24. The first-order valence-electron chi connectivity index (χ1n) is 7.77. The van der Waals surface area contributed by atoms with E-state index in [1.54, 1.807) is 30.3 Å². The molecule has 1 unspecified atom stereocenters. The minimum Gasteiger partial charge on any atom is -0.504 e. The van der Waals surface area contributed by atoms with E-state index in [1.807, 2.05) is 6.08 Å². The van der Waals surface area contributed by atoms with Crippen LogP contribution in [0.4, 0.5) is 0 Å². The van der Waals surface area contributed by atoms with Gasteiger partial charge in [0.15, 0.2) is 23.0 Å². The molecule has 0 saturated carbocycles. The first-order valence-corrected chi connectivity index (χ1v) is 7.77. The highest BCUT2D eigenvalue weighted by Crippen LogP contribution is 2.35. The monoisotopic (exact) mass is 341 g/mol. The first kappa shape index (κ1) is 16.7. The Bertz CT molecular complexity index is 844. The fourth-order valence-electron chi connectivity index (χ4n) is 2.85. The predicted octanol–water partition coefficient (Wildman–Crippen LogP) is 2.41. The van der Waals surface area contributed by atoms with E-state index in [9.17, 15) is 15.0 Å². The number of hydrogen-bond donors (Lipinski definition) is 3. The summed E-state index contributed by atoms with van der Waals surface area (Å²) in [5.41, 5.74) is 2.07. The van der Waals surface area contributed by atoms with Gasteiger partial charge in [0, 0.05) is 18.0 Å². The number of nitrogens with one attached hydrogen (secondary N) is 1. The Morgan fingerprint density at radius 2 is 1.64 bits per heavy atom. The third-order valence-electron chi connectivity index (χ3n) is 4.22. The molecular weight excluding hydrogens is 322 g/mol. The summed E-state index contributed by atoms with van der Waals surface area (Å²) in [7, 11) is 2.95. The van der Waals surface area contributed by atoms with Gasteiger partial charge in [-0.15, -0.1) is 0 Å². The predicted molar refractivity (Wildman–Crippen MR) is 93.0 cm³/mol. The van der Waals surface area contributed by atoms with Crippen LogP contribution in [0.1, 0.15) is 17.0 Å². The summed E-state index contributed by atoms with van der Waals surface area (Å²) in [6.07, 6.45) is 1.87. The van der Waals surface area contributed by atoms with Crippen molar-refractivity contribution in [2.24, 2.45) is 0 Å². The SMILES string of the molecule is COc1cc(C2=CC(c3ccc(O)c(OC)c3)CNC2=O)ccc1O. The molecule has 1 aliphatic rings. The number of carbonyl (C=O) groups is 1. The number of benzene rings is 2. The van der Waals surface area contributed by atoms with Crippen LogP contribution in [0.3, 0.4) is 0 Å². The summed E-state index contributed by atoms with van der Waals surface area (Å²) in [4.78, 5) is 12.3. The van der Waals surface area contributed by atoms with Gasteiger partial charge in [0.1, 0.15) is 0 Å². The number of phenols is 2. The van der Waals surface area contributed by atoms with E-state index in [2.05, 4.69) is 5.32 Å². The highest BCUT2D eigenvalue weighted by Gasteiger charge is 2.23. The number of phenolic OH excluding ortho intramolecular Hbond substituents is 2. The molecule has 1 atom stereocenters. The second-order valence-corrected chi connectivity index (χ2v) is 5.71. The highest BCUT2D eigenvalue weighted by molar-refractivity contribution is 6.20. The average molecular weight is 341 g/mol. The number of rotatable bonds is 4. The van der Waals surface area contributed by atoms with Crippen LogP contribution in [0.5, 0.6) is 23.0 Å². The zero-order valence-electron chi connectivity index (χ0n) is 13.9. The van der Waals surface area contributed by atoms with Crippen molar-refractivity contribution in [2.45, 2.75) is 5.92 Å². The second-order valence-electron chi connectivity index (χ2n) is 5.71. The molecule has 25 heavy (non-hydrogen) atoms.